The van der Waals surface area contributed by atoms with Crippen molar-refractivity contribution < 1.29 is 13.2 Å². The minimum absolute atomic E-state index is 0.0250. The first-order chi connectivity index (χ1) is 9.40. The lowest BCUT2D eigenvalue weighted by Gasteiger charge is -2.07. The van der Waals surface area contributed by atoms with Gasteiger partial charge in [-0.15, -0.1) is 0 Å². The van der Waals surface area contributed by atoms with E-state index in [4.69, 9.17) is 11.5 Å². The molecular formula is C13H13N3O3S. The molecule has 1 heterocycles. The van der Waals surface area contributed by atoms with Crippen LogP contribution in [0.1, 0.15) is 15.9 Å². The average Bonchev–Trinajstić information content (AvgIpc) is 2.38. The number of amides is 1. The Balaban J connectivity index is 2.36. The average molecular weight is 291 g/mol. The summed E-state index contributed by atoms with van der Waals surface area (Å²) in [5.74, 6) is -0.866. The van der Waals surface area contributed by atoms with Crippen LogP contribution >= 0.6 is 0 Å². The van der Waals surface area contributed by atoms with Crippen LogP contribution in [-0.4, -0.2) is 19.3 Å². The van der Waals surface area contributed by atoms with Gasteiger partial charge in [0.1, 0.15) is 0 Å². The van der Waals surface area contributed by atoms with Gasteiger partial charge in [-0.25, -0.2) is 8.42 Å². The molecule has 1 aromatic carbocycles. The molecule has 1 aromatic heterocycles. The van der Waals surface area contributed by atoms with Crippen molar-refractivity contribution in [3.8, 4) is 0 Å². The fourth-order valence-electron chi connectivity index (χ4n) is 1.79. The lowest BCUT2D eigenvalue weighted by Crippen LogP contribution is -2.12. The van der Waals surface area contributed by atoms with Gasteiger partial charge in [0, 0.05) is 11.8 Å². The fourth-order valence-corrected chi connectivity index (χ4v) is 3.24. The third kappa shape index (κ3) is 2.94. The van der Waals surface area contributed by atoms with Crippen molar-refractivity contribution in [3.63, 3.8) is 0 Å². The monoisotopic (exact) mass is 291 g/mol. The molecule has 1 amide bonds. The highest BCUT2D eigenvalue weighted by Crippen LogP contribution is 2.21. The van der Waals surface area contributed by atoms with Crippen LogP contribution in [0, 0.1) is 0 Å². The first-order valence-electron chi connectivity index (χ1n) is 5.71. The number of aromatic nitrogens is 1. The van der Waals surface area contributed by atoms with Gasteiger partial charge in [-0.2, -0.15) is 0 Å². The van der Waals surface area contributed by atoms with Crippen LogP contribution in [0.25, 0.3) is 0 Å². The van der Waals surface area contributed by atoms with Crippen LogP contribution in [-0.2, 0) is 15.6 Å². The molecule has 0 saturated heterocycles. The van der Waals surface area contributed by atoms with Crippen molar-refractivity contribution in [2.75, 3.05) is 5.73 Å². The molecule has 104 valence electrons. The van der Waals surface area contributed by atoms with Gasteiger partial charge in [0.25, 0.3) is 0 Å². The van der Waals surface area contributed by atoms with Crippen LogP contribution < -0.4 is 11.5 Å². The van der Waals surface area contributed by atoms with Gasteiger partial charge in [-0.3, -0.25) is 9.78 Å². The van der Waals surface area contributed by atoms with E-state index in [0.29, 0.717) is 5.56 Å². The highest BCUT2D eigenvalue weighted by Gasteiger charge is 2.18. The topological polar surface area (TPSA) is 116 Å². The number of primary amides is 1. The third-order valence-electron chi connectivity index (χ3n) is 2.71. The molecule has 6 nitrogen and oxygen atoms in total. The maximum atomic E-state index is 12.3. The largest absolute Gasteiger partial charge is 0.396 e. The van der Waals surface area contributed by atoms with Gasteiger partial charge in [0.2, 0.25) is 5.91 Å². The smallest absolute Gasteiger partial charge is 0.248 e. The summed E-state index contributed by atoms with van der Waals surface area (Å²) in [7, 11) is -3.60. The molecule has 2 rings (SSSR count). The summed E-state index contributed by atoms with van der Waals surface area (Å²) in [6, 6.07) is 7.53. The van der Waals surface area contributed by atoms with Crippen molar-refractivity contribution in [1.29, 1.82) is 0 Å². The number of benzene rings is 1. The molecule has 0 fully saturated rings. The Labute approximate surface area is 116 Å². The Morgan fingerprint density at radius 1 is 1.25 bits per heavy atom. The standard InChI is InChI=1S/C13H13N3O3S/c14-11-7-16-5-4-12(11)20(18,19)8-9-2-1-3-10(6-9)13(15)17/h1-7H,8,14H2,(H2,15,17). The Kier molecular flexibility index (Phi) is 3.71. The zero-order chi connectivity index (χ0) is 14.8. The Morgan fingerprint density at radius 3 is 2.65 bits per heavy atom. The maximum absolute atomic E-state index is 12.3. The van der Waals surface area contributed by atoms with Crippen molar-refractivity contribution in [2.45, 2.75) is 10.6 Å². The van der Waals surface area contributed by atoms with Crippen LogP contribution in [0.3, 0.4) is 0 Å². The van der Waals surface area contributed by atoms with E-state index < -0.39 is 15.7 Å². The van der Waals surface area contributed by atoms with E-state index >= 15 is 0 Å². The highest BCUT2D eigenvalue weighted by atomic mass is 32.2. The number of carbonyl (C=O) groups is 1. The van der Waals surface area contributed by atoms with Gasteiger partial charge < -0.3 is 11.5 Å². The van der Waals surface area contributed by atoms with E-state index in [1.165, 1.54) is 30.6 Å². The summed E-state index contributed by atoms with van der Waals surface area (Å²) in [5.41, 5.74) is 11.6. The molecular weight excluding hydrogens is 278 g/mol. The van der Waals surface area contributed by atoms with Gasteiger partial charge in [0.05, 0.1) is 22.5 Å². The van der Waals surface area contributed by atoms with Crippen LogP contribution in [0.5, 0.6) is 0 Å². The maximum Gasteiger partial charge on any atom is 0.248 e. The number of carbonyl (C=O) groups excluding carboxylic acids is 1. The summed E-state index contributed by atoms with van der Waals surface area (Å²) in [6.45, 7) is 0. The minimum atomic E-state index is -3.60. The first kappa shape index (κ1) is 14.0. The van der Waals surface area contributed by atoms with Crippen molar-refractivity contribution in [2.24, 2.45) is 5.73 Å². The molecule has 0 radical (unpaired) electrons. The Hall–Kier alpha value is -2.41. The molecule has 0 atom stereocenters. The van der Waals surface area contributed by atoms with Crippen LogP contribution in [0.15, 0.2) is 47.6 Å². The normalized spacial score (nSPS) is 11.2. The number of pyridine rings is 1. The van der Waals surface area contributed by atoms with E-state index in [2.05, 4.69) is 4.98 Å². The second-order valence-electron chi connectivity index (χ2n) is 4.24. The summed E-state index contributed by atoms with van der Waals surface area (Å²) in [4.78, 5) is 14.9. The lowest BCUT2D eigenvalue weighted by molar-refractivity contribution is 0.1000. The summed E-state index contributed by atoms with van der Waals surface area (Å²) in [5, 5.41) is 0. The first-order valence-corrected chi connectivity index (χ1v) is 7.36. The van der Waals surface area contributed by atoms with Gasteiger partial charge in [0.15, 0.2) is 9.84 Å². The quantitative estimate of drug-likeness (QED) is 0.861. The number of hydrogen-bond acceptors (Lipinski definition) is 5. The second-order valence-corrected chi connectivity index (χ2v) is 6.20. The van der Waals surface area contributed by atoms with E-state index in [-0.39, 0.29) is 21.9 Å². The predicted molar refractivity (Wildman–Crippen MR) is 74.5 cm³/mol. The van der Waals surface area contributed by atoms with Gasteiger partial charge in [-0.1, -0.05) is 12.1 Å². The highest BCUT2D eigenvalue weighted by molar-refractivity contribution is 7.90. The number of sulfone groups is 1. The van der Waals surface area contributed by atoms with Crippen molar-refractivity contribution >= 4 is 21.4 Å². The summed E-state index contributed by atoms with van der Waals surface area (Å²) >= 11 is 0. The fraction of sp³-hybridized carbons (Fsp3) is 0.0769. The zero-order valence-corrected chi connectivity index (χ0v) is 11.3. The molecule has 0 aliphatic carbocycles. The number of nitrogen functional groups attached to an aromatic ring is 1. The molecule has 0 unspecified atom stereocenters. The second kappa shape index (κ2) is 5.30. The molecule has 4 N–H and O–H groups in total. The molecule has 0 spiro atoms. The Bertz CT molecular complexity index is 757. The van der Waals surface area contributed by atoms with Crippen LogP contribution in [0.2, 0.25) is 0 Å². The van der Waals surface area contributed by atoms with Crippen molar-refractivity contribution in [1.82, 2.24) is 4.98 Å². The predicted octanol–water partition coefficient (Wildman–Crippen LogP) is 0.737. The summed E-state index contributed by atoms with van der Waals surface area (Å²) in [6.07, 6.45) is 2.65. The number of hydrogen-bond donors (Lipinski definition) is 2. The molecule has 0 aliphatic heterocycles. The molecule has 7 heteroatoms. The van der Waals surface area contributed by atoms with Gasteiger partial charge >= 0.3 is 0 Å². The minimum Gasteiger partial charge on any atom is -0.396 e. The molecule has 2 aromatic rings. The Morgan fingerprint density at radius 2 is 2.00 bits per heavy atom. The third-order valence-corrected chi connectivity index (χ3v) is 4.47. The molecule has 0 saturated carbocycles. The molecule has 20 heavy (non-hydrogen) atoms. The van der Waals surface area contributed by atoms with E-state index in [1.54, 1.807) is 12.1 Å². The van der Waals surface area contributed by atoms with Crippen molar-refractivity contribution in [3.05, 3.63) is 53.9 Å². The zero-order valence-electron chi connectivity index (χ0n) is 10.5. The van der Waals surface area contributed by atoms with E-state index in [9.17, 15) is 13.2 Å². The lowest BCUT2D eigenvalue weighted by atomic mass is 10.1. The number of rotatable bonds is 4. The SMILES string of the molecule is NC(=O)c1cccc(CS(=O)(=O)c2ccncc2N)c1. The van der Waals surface area contributed by atoms with E-state index in [1.807, 2.05) is 0 Å². The number of nitrogens with zero attached hydrogens (tertiary/aromatic N) is 1. The summed E-state index contributed by atoms with van der Waals surface area (Å²) < 4.78 is 24.6. The number of anilines is 1. The van der Waals surface area contributed by atoms with E-state index in [0.717, 1.165) is 0 Å². The van der Waals surface area contributed by atoms with Gasteiger partial charge in [-0.05, 0) is 23.8 Å². The van der Waals surface area contributed by atoms with Crippen LogP contribution in [0.4, 0.5) is 5.69 Å². The molecule has 0 aliphatic rings. The molecule has 0 bridgehead atoms. The number of nitrogens with two attached hydrogens (primary N) is 2.